The summed E-state index contributed by atoms with van der Waals surface area (Å²) in [6.45, 7) is 2.61. The van der Waals surface area contributed by atoms with Crippen LogP contribution in [0.25, 0.3) is 0 Å². The van der Waals surface area contributed by atoms with Gasteiger partial charge in [-0.2, -0.15) is 0 Å². The lowest BCUT2D eigenvalue weighted by Gasteiger charge is -2.23. The molecule has 1 atom stereocenters. The summed E-state index contributed by atoms with van der Waals surface area (Å²) in [5.41, 5.74) is 1.52. The summed E-state index contributed by atoms with van der Waals surface area (Å²) in [4.78, 5) is 0. The minimum atomic E-state index is 0.788. The molecule has 0 aliphatic carbocycles. The van der Waals surface area contributed by atoms with Crippen molar-refractivity contribution in [3.63, 3.8) is 0 Å². The zero-order valence-electron chi connectivity index (χ0n) is 8.53. The molecule has 70 valence electrons. The largest absolute Gasteiger partial charge is 0.328 e. The predicted molar refractivity (Wildman–Crippen MR) is 55.6 cm³/mol. The molecule has 0 saturated carbocycles. The van der Waals surface area contributed by atoms with Gasteiger partial charge < -0.3 is 4.48 Å². The van der Waals surface area contributed by atoms with Crippen molar-refractivity contribution in [2.24, 2.45) is 0 Å². The first kappa shape index (κ1) is 8.76. The molecule has 1 aliphatic heterocycles. The van der Waals surface area contributed by atoms with Gasteiger partial charge in [0.15, 0.2) is 0 Å². The fourth-order valence-corrected chi connectivity index (χ4v) is 2.28. The highest BCUT2D eigenvalue weighted by molar-refractivity contribution is 5.20. The van der Waals surface area contributed by atoms with Gasteiger partial charge >= 0.3 is 0 Å². The molecule has 1 aromatic rings. The van der Waals surface area contributed by atoms with Crippen molar-refractivity contribution in [3.8, 4) is 0 Å². The second-order valence-corrected chi connectivity index (χ2v) is 4.74. The van der Waals surface area contributed by atoms with E-state index < -0.39 is 0 Å². The van der Waals surface area contributed by atoms with Gasteiger partial charge in [0, 0.05) is 12.3 Å². The van der Waals surface area contributed by atoms with Crippen LogP contribution in [0, 0.1) is 0 Å². The van der Waals surface area contributed by atoms with E-state index in [1.165, 1.54) is 29.6 Å². The van der Waals surface area contributed by atoms with Crippen LogP contribution in [-0.2, 0) is 0 Å². The normalized spacial score (nSPS) is 26.2. The van der Waals surface area contributed by atoms with E-state index >= 15 is 0 Å². The molecule has 1 saturated heterocycles. The molecule has 0 amide bonds. The summed E-state index contributed by atoms with van der Waals surface area (Å²) < 4.78 is 1.18. The summed E-state index contributed by atoms with van der Waals surface area (Å²) >= 11 is 0. The molecule has 0 aromatic heterocycles. The topological polar surface area (TPSA) is 0 Å². The van der Waals surface area contributed by atoms with Gasteiger partial charge in [-0.05, 0) is 5.56 Å². The van der Waals surface area contributed by atoms with Crippen LogP contribution in [0.4, 0.5) is 0 Å². The van der Waals surface area contributed by atoms with E-state index in [9.17, 15) is 0 Å². The van der Waals surface area contributed by atoms with Gasteiger partial charge in [-0.25, -0.2) is 0 Å². The summed E-state index contributed by atoms with van der Waals surface area (Å²) in [6, 6.07) is 10.9. The fourth-order valence-electron chi connectivity index (χ4n) is 2.28. The van der Waals surface area contributed by atoms with Gasteiger partial charge in [-0.3, -0.25) is 0 Å². The lowest BCUT2D eigenvalue weighted by molar-refractivity contribution is -0.878. The first-order valence-corrected chi connectivity index (χ1v) is 5.04. The lowest BCUT2D eigenvalue weighted by atomic mass is 9.99. The average molecular weight is 176 g/mol. The van der Waals surface area contributed by atoms with E-state index in [2.05, 4.69) is 44.4 Å². The van der Waals surface area contributed by atoms with Crippen LogP contribution in [0.5, 0.6) is 0 Å². The van der Waals surface area contributed by atoms with Gasteiger partial charge in [0.1, 0.15) is 0 Å². The van der Waals surface area contributed by atoms with Crippen LogP contribution in [0.3, 0.4) is 0 Å². The molecule has 1 aliphatic rings. The SMILES string of the molecule is C[N+]1(C)CC[C@@H](c2ccccc2)C1. The summed E-state index contributed by atoms with van der Waals surface area (Å²) in [6.07, 6.45) is 1.34. The molecule has 1 nitrogen and oxygen atoms in total. The van der Waals surface area contributed by atoms with Gasteiger partial charge in [0.05, 0.1) is 27.2 Å². The Balaban J connectivity index is 2.13. The van der Waals surface area contributed by atoms with Crippen LogP contribution in [-0.4, -0.2) is 31.7 Å². The van der Waals surface area contributed by atoms with Crippen molar-refractivity contribution in [1.29, 1.82) is 0 Å². The van der Waals surface area contributed by atoms with E-state index in [1.54, 1.807) is 0 Å². The number of hydrogen-bond acceptors (Lipinski definition) is 0. The van der Waals surface area contributed by atoms with Crippen molar-refractivity contribution in [3.05, 3.63) is 35.9 Å². The van der Waals surface area contributed by atoms with Crippen molar-refractivity contribution in [2.45, 2.75) is 12.3 Å². The van der Waals surface area contributed by atoms with Crippen molar-refractivity contribution >= 4 is 0 Å². The first-order valence-electron chi connectivity index (χ1n) is 5.04. The maximum Gasteiger partial charge on any atom is 0.0854 e. The molecular formula is C12H18N+. The highest BCUT2D eigenvalue weighted by Gasteiger charge is 2.31. The molecule has 0 radical (unpaired) electrons. The number of benzene rings is 1. The van der Waals surface area contributed by atoms with Crippen LogP contribution in [0.15, 0.2) is 30.3 Å². The number of quaternary nitrogens is 1. The summed E-state index contributed by atoms with van der Waals surface area (Å²) in [5, 5.41) is 0. The maximum absolute atomic E-state index is 2.32. The van der Waals surface area contributed by atoms with Gasteiger partial charge in [-0.15, -0.1) is 0 Å². The Kier molecular flexibility index (Phi) is 2.12. The Hall–Kier alpha value is -0.820. The number of likely N-dealkylation sites (tertiary alicyclic amines) is 1. The smallest absolute Gasteiger partial charge is 0.0854 e. The highest BCUT2D eigenvalue weighted by Crippen LogP contribution is 2.29. The number of hydrogen-bond donors (Lipinski definition) is 0. The molecule has 1 heterocycles. The van der Waals surface area contributed by atoms with E-state index in [-0.39, 0.29) is 0 Å². The second-order valence-electron chi connectivity index (χ2n) is 4.74. The van der Waals surface area contributed by atoms with Crippen LogP contribution in [0.2, 0.25) is 0 Å². The molecule has 1 aromatic carbocycles. The number of rotatable bonds is 1. The third-order valence-electron chi connectivity index (χ3n) is 3.07. The van der Waals surface area contributed by atoms with Gasteiger partial charge in [-0.1, -0.05) is 30.3 Å². The van der Waals surface area contributed by atoms with E-state index in [4.69, 9.17) is 0 Å². The molecule has 0 unspecified atom stereocenters. The van der Waals surface area contributed by atoms with Crippen LogP contribution in [0.1, 0.15) is 17.9 Å². The molecule has 0 bridgehead atoms. The maximum atomic E-state index is 2.32. The van der Waals surface area contributed by atoms with Crippen molar-refractivity contribution < 1.29 is 4.48 Å². The highest BCUT2D eigenvalue weighted by atomic mass is 15.3. The zero-order valence-corrected chi connectivity index (χ0v) is 8.53. The Labute approximate surface area is 80.6 Å². The average Bonchev–Trinajstić information content (AvgIpc) is 2.48. The molecule has 1 heteroatoms. The van der Waals surface area contributed by atoms with Crippen LogP contribution >= 0.6 is 0 Å². The van der Waals surface area contributed by atoms with Gasteiger partial charge in [0.2, 0.25) is 0 Å². The standard InChI is InChI=1S/C12H18N/c1-13(2)9-8-12(10-13)11-6-4-3-5-7-11/h3-7,12H,8-10H2,1-2H3/q+1/t12-/m1/s1. The van der Waals surface area contributed by atoms with E-state index in [0.717, 1.165) is 5.92 Å². The molecule has 13 heavy (non-hydrogen) atoms. The monoisotopic (exact) mass is 176 g/mol. The first-order chi connectivity index (χ1) is 6.17. The van der Waals surface area contributed by atoms with Crippen molar-refractivity contribution in [1.82, 2.24) is 0 Å². The molecule has 1 fully saturated rings. The predicted octanol–water partition coefficient (Wildman–Crippen LogP) is 2.25. The van der Waals surface area contributed by atoms with Crippen LogP contribution < -0.4 is 0 Å². The minimum absolute atomic E-state index is 0.788. The molecule has 2 rings (SSSR count). The Morgan fingerprint density at radius 1 is 1.15 bits per heavy atom. The second kappa shape index (κ2) is 3.15. The number of nitrogens with zero attached hydrogens (tertiary/aromatic N) is 1. The van der Waals surface area contributed by atoms with Crippen molar-refractivity contribution in [2.75, 3.05) is 27.2 Å². The Morgan fingerprint density at radius 2 is 1.85 bits per heavy atom. The Bertz CT molecular complexity index is 276. The third-order valence-corrected chi connectivity index (χ3v) is 3.07. The third kappa shape index (κ3) is 1.92. The molecular weight excluding hydrogens is 158 g/mol. The van der Waals surface area contributed by atoms with E-state index in [0.29, 0.717) is 0 Å². The summed E-state index contributed by atoms with van der Waals surface area (Å²) in [7, 11) is 4.64. The molecule has 0 N–H and O–H groups in total. The minimum Gasteiger partial charge on any atom is -0.328 e. The lowest BCUT2D eigenvalue weighted by Crippen LogP contribution is -2.36. The summed E-state index contributed by atoms with van der Waals surface area (Å²) in [5.74, 6) is 0.788. The fraction of sp³-hybridized carbons (Fsp3) is 0.500. The quantitative estimate of drug-likeness (QED) is 0.576. The van der Waals surface area contributed by atoms with Gasteiger partial charge in [0.25, 0.3) is 0 Å². The zero-order chi connectivity index (χ0) is 9.31. The van der Waals surface area contributed by atoms with E-state index in [1.807, 2.05) is 0 Å². The number of likely N-dealkylation sites (N-methyl/N-ethyl adjacent to an activating group) is 1. The molecule has 0 spiro atoms. The Morgan fingerprint density at radius 3 is 2.38 bits per heavy atom.